The Kier molecular flexibility index (Phi) is 9.89. The fourth-order valence-electron chi connectivity index (χ4n) is 1.86. The normalized spacial score (nSPS) is 14.1. The van der Waals surface area contributed by atoms with E-state index >= 15 is 0 Å². The summed E-state index contributed by atoms with van der Waals surface area (Å²) >= 11 is 0. The van der Waals surface area contributed by atoms with E-state index in [0.29, 0.717) is 0 Å². The van der Waals surface area contributed by atoms with Crippen molar-refractivity contribution in [3.8, 4) is 0 Å². The molecule has 0 aliphatic rings. The molecule has 1 unspecified atom stereocenters. The average molecular weight is 221 g/mol. The summed E-state index contributed by atoms with van der Waals surface area (Å²) in [7, 11) is 0. The molecule has 0 amide bonds. The first-order valence-electron chi connectivity index (χ1n) is 6.47. The second-order valence-electron chi connectivity index (χ2n) is 4.14. The first-order valence-corrected chi connectivity index (χ1v) is 6.47. The van der Waals surface area contributed by atoms with Gasteiger partial charge in [0, 0.05) is 12.2 Å². The summed E-state index contributed by atoms with van der Waals surface area (Å²) in [5.74, 6) is 0.869. The predicted octanol–water partition coefficient (Wildman–Crippen LogP) is 4.44. The van der Waals surface area contributed by atoms with Gasteiger partial charge in [0.15, 0.2) is 0 Å². The first-order chi connectivity index (χ1) is 7.78. The molecule has 1 heteroatoms. The SMILES string of the molecule is C=C/C=C(\C=C/C)NCCC(CC)CCC. The molecule has 0 aromatic heterocycles. The van der Waals surface area contributed by atoms with Gasteiger partial charge in [0.25, 0.3) is 0 Å². The van der Waals surface area contributed by atoms with E-state index in [2.05, 4.69) is 31.8 Å². The number of nitrogens with one attached hydrogen (secondary N) is 1. The minimum atomic E-state index is 0.869. The summed E-state index contributed by atoms with van der Waals surface area (Å²) < 4.78 is 0. The number of allylic oxidation sites excluding steroid dienone is 4. The van der Waals surface area contributed by atoms with E-state index in [9.17, 15) is 0 Å². The molecule has 92 valence electrons. The first kappa shape index (κ1) is 15.0. The average Bonchev–Trinajstić information content (AvgIpc) is 2.28. The van der Waals surface area contributed by atoms with Gasteiger partial charge in [0.1, 0.15) is 0 Å². The van der Waals surface area contributed by atoms with Gasteiger partial charge in [-0.15, -0.1) is 0 Å². The molecular formula is C15H27N. The van der Waals surface area contributed by atoms with Crippen LogP contribution in [-0.4, -0.2) is 6.54 Å². The summed E-state index contributed by atoms with van der Waals surface area (Å²) in [5, 5.41) is 3.45. The second kappa shape index (κ2) is 10.5. The molecule has 0 bridgehead atoms. The molecule has 0 heterocycles. The third-order valence-corrected chi connectivity index (χ3v) is 2.80. The van der Waals surface area contributed by atoms with Crippen molar-refractivity contribution in [1.82, 2.24) is 5.32 Å². The molecule has 16 heavy (non-hydrogen) atoms. The van der Waals surface area contributed by atoms with Crippen LogP contribution in [0.5, 0.6) is 0 Å². The van der Waals surface area contributed by atoms with Gasteiger partial charge in [0.05, 0.1) is 0 Å². The minimum absolute atomic E-state index is 0.869. The zero-order chi connectivity index (χ0) is 12.2. The molecule has 1 nitrogen and oxygen atoms in total. The van der Waals surface area contributed by atoms with E-state index in [1.165, 1.54) is 25.7 Å². The Morgan fingerprint density at radius 1 is 1.31 bits per heavy atom. The Balaban J connectivity index is 3.92. The molecule has 1 N–H and O–H groups in total. The van der Waals surface area contributed by atoms with Gasteiger partial charge in [-0.3, -0.25) is 0 Å². The topological polar surface area (TPSA) is 12.0 Å². The second-order valence-corrected chi connectivity index (χ2v) is 4.14. The summed E-state index contributed by atoms with van der Waals surface area (Å²) in [6, 6.07) is 0. The van der Waals surface area contributed by atoms with E-state index in [0.717, 1.165) is 18.2 Å². The maximum atomic E-state index is 3.72. The smallest absolute Gasteiger partial charge is 0.0336 e. The fraction of sp³-hybridized carbons (Fsp3) is 0.600. The van der Waals surface area contributed by atoms with Crippen LogP contribution in [-0.2, 0) is 0 Å². The Hall–Kier alpha value is -0.980. The van der Waals surface area contributed by atoms with Crippen molar-refractivity contribution in [2.24, 2.45) is 5.92 Å². The van der Waals surface area contributed by atoms with Crippen LogP contribution >= 0.6 is 0 Å². The Morgan fingerprint density at radius 2 is 2.06 bits per heavy atom. The quantitative estimate of drug-likeness (QED) is 0.568. The minimum Gasteiger partial charge on any atom is -0.385 e. The van der Waals surface area contributed by atoms with Crippen molar-refractivity contribution >= 4 is 0 Å². The van der Waals surface area contributed by atoms with Crippen LogP contribution in [0.2, 0.25) is 0 Å². The molecule has 0 aromatic carbocycles. The van der Waals surface area contributed by atoms with Crippen molar-refractivity contribution in [3.63, 3.8) is 0 Å². The molecule has 0 radical (unpaired) electrons. The maximum absolute atomic E-state index is 3.72. The largest absolute Gasteiger partial charge is 0.385 e. The summed E-state index contributed by atoms with van der Waals surface area (Å²) in [6.45, 7) is 11.4. The lowest BCUT2D eigenvalue weighted by Crippen LogP contribution is -2.16. The zero-order valence-electron chi connectivity index (χ0n) is 11.1. The van der Waals surface area contributed by atoms with Crippen LogP contribution in [0.3, 0.4) is 0 Å². The number of hydrogen-bond acceptors (Lipinski definition) is 1. The van der Waals surface area contributed by atoms with E-state index in [-0.39, 0.29) is 0 Å². The lowest BCUT2D eigenvalue weighted by molar-refractivity contribution is 0.427. The highest BCUT2D eigenvalue weighted by molar-refractivity contribution is 5.20. The van der Waals surface area contributed by atoms with Gasteiger partial charge in [-0.1, -0.05) is 51.8 Å². The van der Waals surface area contributed by atoms with Gasteiger partial charge in [-0.05, 0) is 31.4 Å². The highest BCUT2D eigenvalue weighted by Crippen LogP contribution is 2.14. The molecule has 0 saturated heterocycles. The predicted molar refractivity (Wildman–Crippen MR) is 74.4 cm³/mol. The van der Waals surface area contributed by atoms with Crippen molar-refractivity contribution in [2.45, 2.75) is 46.5 Å². The molecule has 0 aromatic rings. The van der Waals surface area contributed by atoms with Crippen LogP contribution in [0.15, 0.2) is 36.6 Å². The standard InChI is InChI=1S/C15H27N/c1-5-9-14(8-4)12-13-16-15(10-6-2)11-7-3/h6-7,10-11,14,16H,2,5,8-9,12-13H2,1,3-4H3/b11-7-,15-10+. The monoisotopic (exact) mass is 221 g/mol. The molecule has 0 saturated carbocycles. The maximum Gasteiger partial charge on any atom is 0.0336 e. The van der Waals surface area contributed by atoms with E-state index in [1.807, 2.05) is 25.2 Å². The third-order valence-electron chi connectivity index (χ3n) is 2.80. The van der Waals surface area contributed by atoms with Gasteiger partial charge in [-0.2, -0.15) is 0 Å². The lowest BCUT2D eigenvalue weighted by Gasteiger charge is -2.14. The van der Waals surface area contributed by atoms with Gasteiger partial charge in [-0.25, -0.2) is 0 Å². The lowest BCUT2D eigenvalue weighted by atomic mass is 9.97. The summed E-state index contributed by atoms with van der Waals surface area (Å²) in [4.78, 5) is 0. The Bertz CT molecular complexity index is 226. The Labute approximate surface area is 101 Å². The van der Waals surface area contributed by atoms with E-state index in [1.54, 1.807) is 0 Å². The van der Waals surface area contributed by atoms with Crippen LogP contribution in [0.1, 0.15) is 46.5 Å². The van der Waals surface area contributed by atoms with Crippen LogP contribution in [0, 0.1) is 5.92 Å². The molecule has 0 aliphatic heterocycles. The third kappa shape index (κ3) is 7.33. The fourth-order valence-corrected chi connectivity index (χ4v) is 1.86. The summed E-state index contributed by atoms with van der Waals surface area (Å²) in [6.07, 6.45) is 13.2. The molecule has 1 atom stereocenters. The van der Waals surface area contributed by atoms with Crippen molar-refractivity contribution in [1.29, 1.82) is 0 Å². The Morgan fingerprint density at radius 3 is 2.56 bits per heavy atom. The van der Waals surface area contributed by atoms with Gasteiger partial charge in [0.2, 0.25) is 0 Å². The molecule has 0 rings (SSSR count). The van der Waals surface area contributed by atoms with E-state index < -0.39 is 0 Å². The molecule has 0 aliphatic carbocycles. The summed E-state index contributed by atoms with van der Waals surface area (Å²) in [5.41, 5.74) is 1.16. The van der Waals surface area contributed by atoms with Crippen LogP contribution in [0.25, 0.3) is 0 Å². The molecular weight excluding hydrogens is 194 g/mol. The highest BCUT2D eigenvalue weighted by atomic mass is 14.9. The highest BCUT2D eigenvalue weighted by Gasteiger charge is 2.04. The number of rotatable bonds is 9. The molecule has 0 spiro atoms. The van der Waals surface area contributed by atoms with E-state index in [4.69, 9.17) is 0 Å². The van der Waals surface area contributed by atoms with Crippen LogP contribution in [0.4, 0.5) is 0 Å². The van der Waals surface area contributed by atoms with Crippen molar-refractivity contribution < 1.29 is 0 Å². The molecule has 0 fully saturated rings. The van der Waals surface area contributed by atoms with Crippen molar-refractivity contribution in [3.05, 3.63) is 36.6 Å². The van der Waals surface area contributed by atoms with Gasteiger partial charge >= 0.3 is 0 Å². The number of hydrogen-bond donors (Lipinski definition) is 1. The van der Waals surface area contributed by atoms with Crippen molar-refractivity contribution in [2.75, 3.05) is 6.54 Å². The van der Waals surface area contributed by atoms with Crippen LogP contribution < -0.4 is 5.32 Å². The van der Waals surface area contributed by atoms with Gasteiger partial charge < -0.3 is 5.32 Å². The zero-order valence-corrected chi connectivity index (χ0v) is 11.1.